The minimum Gasteiger partial charge on any atom is -0.495 e. The van der Waals surface area contributed by atoms with Crippen molar-refractivity contribution < 1.29 is 22.6 Å². The van der Waals surface area contributed by atoms with Gasteiger partial charge in [0.1, 0.15) is 10.6 Å². The quantitative estimate of drug-likeness (QED) is 0.790. The topological polar surface area (TPSA) is 73.9 Å². The van der Waals surface area contributed by atoms with Gasteiger partial charge in [-0.1, -0.05) is 17.7 Å². The normalized spacial score (nSPS) is 12.5. The van der Waals surface area contributed by atoms with Gasteiger partial charge in [-0.15, -0.1) is 0 Å². The number of hydrogen-bond acceptors (Lipinski definition) is 5. The van der Waals surface area contributed by atoms with Gasteiger partial charge in [-0.3, -0.25) is 0 Å². The Hall–Kier alpha value is -1.96. The van der Waals surface area contributed by atoms with Crippen LogP contribution >= 0.6 is 11.6 Å². The maximum atomic E-state index is 12.7. The SMILES string of the molecule is COc1ccc(C(C)NS(=O)(=O)c2cc(Cl)ccc2OC)cc1OC. The number of hydrogen-bond donors (Lipinski definition) is 1. The van der Waals surface area contributed by atoms with Gasteiger partial charge in [0.05, 0.1) is 21.3 Å². The Morgan fingerprint density at radius 1 is 0.920 bits per heavy atom. The van der Waals surface area contributed by atoms with Crippen LogP contribution in [0.15, 0.2) is 41.3 Å². The van der Waals surface area contributed by atoms with Crippen molar-refractivity contribution in [3.8, 4) is 17.2 Å². The lowest BCUT2D eigenvalue weighted by Gasteiger charge is -2.18. The predicted molar refractivity (Wildman–Crippen MR) is 96.3 cm³/mol. The monoisotopic (exact) mass is 385 g/mol. The molecule has 136 valence electrons. The van der Waals surface area contributed by atoms with Crippen molar-refractivity contribution in [2.24, 2.45) is 0 Å². The minimum absolute atomic E-state index is 0.0187. The van der Waals surface area contributed by atoms with Crippen LogP contribution < -0.4 is 18.9 Å². The highest BCUT2D eigenvalue weighted by Gasteiger charge is 2.23. The number of nitrogens with one attached hydrogen (secondary N) is 1. The van der Waals surface area contributed by atoms with Gasteiger partial charge in [-0.25, -0.2) is 13.1 Å². The highest BCUT2D eigenvalue weighted by Crippen LogP contribution is 2.32. The molecule has 0 aliphatic heterocycles. The zero-order valence-electron chi connectivity index (χ0n) is 14.4. The van der Waals surface area contributed by atoms with Gasteiger partial charge < -0.3 is 14.2 Å². The molecule has 1 atom stereocenters. The Morgan fingerprint density at radius 3 is 2.12 bits per heavy atom. The van der Waals surface area contributed by atoms with Crippen LogP contribution in [0.5, 0.6) is 17.2 Å². The van der Waals surface area contributed by atoms with E-state index in [0.717, 1.165) is 5.56 Å². The second-order valence-electron chi connectivity index (χ2n) is 5.25. The van der Waals surface area contributed by atoms with E-state index in [2.05, 4.69) is 4.72 Å². The molecule has 6 nitrogen and oxygen atoms in total. The maximum absolute atomic E-state index is 12.7. The van der Waals surface area contributed by atoms with E-state index < -0.39 is 16.1 Å². The van der Waals surface area contributed by atoms with E-state index in [1.54, 1.807) is 31.2 Å². The number of methoxy groups -OCH3 is 3. The van der Waals surface area contributed by atoms with Crippen molar-refractivity contribution in [3.63, 3.8) is 0 Å². The van der Waals surface area contributed by atoms with Crippen LogP contribution in [0.25, 0.3) is 0 Å². The summed E-state index contributed by atoms with van der Waals surface area (Å²) < 4.78 is 43.6. The van der Waals surface area contributed by atoms with Gasteiger partial charge in [0.15, 0.2) is 11.5 Å². The number of benzene rings is 2. The van der Waals surface area contributed by atoms with Crippen LogP contribution in [0.3, 0.4) is 0 Å². The molecule has 0 aliphatic carbocycles. The largest absolute Gasteiger partial charge is 0.495 e. The van der Waals surface area contributed by atoms with Crippen LogP contribution in [0, 0.1) is 0 Å². The summed E-state index contributed by atoms with van der Waals surface area (Å²) >= 11 is 5.93. The first kappa shape index (κ1) is 19.4. The smallest absolute Gasteiger partial charge is 0.244 e. The first-order chi connectivity index (χ1) is 11.8. The van der Waals surface area contributed by atoms with Crippen LogP contribution in [0.2, 0.25) is 5.02 Å². The lowest BCUT2D eigenvalue weighted by atomic mass is 10.1. The van der Waals surface area contributed by atoms with Crippen molar-refractivity contribution in [3.05, 3.63) is 47.0 Å². The van der Waals surface area contributed by atoms with Crippen molar-refractivity contribution in [1.82, 2.24) is 4.72 Å². The molecule has 0 bridgehead atoms. The molecule has 0 saturated heterocycles. The second-order valence-corrected chi connectivity index (χ2v) is 7.37. The molecule has 1 N–H and O–H groups in total. The van der Waals surface area contributed by atoms with E-state index in [1.807, 2.05) is 0 Å². The number of rotatable bonds is 7. The van der Waals surface area contributed by atoms with Gasteiger partial charge in [-0.2, -0.15) is 0 Å². The molecule has 0 radical (unpaired) electrons. The molecule has 0 fully saturated rings. The molecule has 2 rings (SSSR count). The molecule has 0 heterocycles. The summed E-state index contributed by atoms with van der Waals surface area (Å²) in [4.78, 5) is -0.0187. The molecular formula is C17H20ClNO5S. The summed E-state index contributed by atoms with van der Waals surface area (Å²) in [6, 6.07) is 9.14. The fraction of sp³-hybridized carbons (Fsp3) is 0.294. The van der Waals surface area contributed by atoms with E-state index in [0.29, 0.717) is 16.5 Å². The van der Waals surface area contributed by atoms with Gasteiger partial charge in [0.25, 0.3) is 0 Å². The number of sulfonamides is 1. The summed E-state index contributed by atoms with van der Waals surface area (Å²) in [7, 11) is 0.621. The standard InChI is InChI=1S/C17H20ClNO5S/c1-11(12-5-7-14(22-2)16(9-12)24-4)19-25(20,21)17-10-13(18)6-8-15(17)23-3/h5-11,19H,1-4H3. The summed E-state index contributed by atoms with van der Waals surface area (Å²) in [5, 5.41) is 0.306. The molecule has 8 heteroatoms. The molecular weight excluding hydrogens is 366 g/mol. The summed E-state index contributed by atoms with van der Waals surface area (Å²) in [6.07, 6.45) is 0. The Labute approximate surface area is 152 Å². The molecule has 0 amide bonds. The van der Waals surface area contributed by atoms with E-state index in [9.17, 15) is 8.42 Å². The molecule has 2 aromatic carbocycles. The summed E-state index contributed by atoms with van der Waals surface area (Å²) in [5.41, 5.74) is 0.724. The van der Waals surface area contributed by atoms with Crippen molar-refractivity contribution >= 4 is 21.6 Å². The van der Waals surface area contributed by atoms with E-state index in [1.165, 1.54) is 33.5 Å². The zero-order valence-corrected chi connectivity index (χ0v) is 15.9. The molecule has 0 saturated carbocycles. The molecule has 0 aromatic heterocycles. The van der Waals surface area contributed by atoms with Crippen LogP contribution in [0.1, 0.15) is 18.5 Å². The summed E-state index contributed by atoms with van der Waals surface area (Å²) in [6.45, 7) is 1.73. The van der Waals surface area contributed by atoms with E-state index in [-0.39, 0.29) is 10.6 Å². The van der Waals surface area contributed by atoms with Crippen molar-refractivity contribution in [2.75, 3.05) is 21.3 Å². The minimum atomic E-state index is -3.84. The molecule has 1 unspecified atom stereocenters. The van der Waals surface area contributed by atoms with Crippen LogP contribution in [-0.2, 0) is 10.0 Å². The lowest BCUT2D eigenvalue weighted by Crippen LogP contribution is -2.27. The average Bonchev–Trinajstić information content (AvgIpc) is 2.60. The second kappa shape index (κ2) is 7.95. The Bertz CT molecular complexity index is 854. The number of halogens is 1. The predicted octanol–water partition coefficient (Wildman–Crippen LogP) is 3.41. The first-order valence-electron chi connectivity index (χ1n) is 7.40. The zero-order chi connectivity index (χ0) is 18.6. The Kier molecular flexibility index (Phi) is 6.16. The highest BCUT2D eigenvalue weighted by atomic mass is 35.5. The molecule has 0 spiro atoms. The lowest BCUT2D eigenvalue weighted by molar-refractivity contribution is 0.354. The van der Waals surface area contributed by atoms with Crippen LogP contribution in [-0.4, -0.2) is 29.7 Å². The van der Waals surface area contributed by atoms with Crippen molar-refractivity contribution in [2.45, 2.75) is 17.9 Å². The third-order valence-electron chi connectivity index (χ3n) is 3.65. The third kappa shape index (κ3) is 4.36. The number of ether oxygens (including phenoxy) is 3. The Balaban J connectivity index is 2.33. The van der Waals surface area contributed by atoms with E-state index >= 15 is 0 Å². The van der Waals surface area contributed by atoms with Crippen molar-refractivity contribution in [1.29, 1.82) is 0 Å². The van der Waals surface area contributed by atoms with Gasteiger partial charge in [0, 0.05) is 11.1 Å². The van der Waals surface area contributed by atoms with Gasteiger partial charge in [-0.05, 0) is 42.8 Å². The van der Waals surface area contributed by atoms with E-state index in [4.69, 9.17) is 25.8 Å². The average molecular weight is 386 g/mol. The fourth-order valence-electron chi connectivity index (χ4n) is 2.35. The maximum Gasteiger partial charge on any atom is 0.244 e. The first-order valence-corrected chi connectivity index (χ1v) is 9.26. The van der Waals surface area contributed by atoms with Crippen LogP contribution in [0.4, 0.5) is 0 Å². The summed E-state index contributed by atoms with van der Waals surface area (Å²) in [5.74, 6) is 1.31. The van der Waals surface area contributed by atoms with Gasteiger partial charge in [0.2, 0.25) is 10.0 Å². The third-order valence-corrected chi connectivity index (χ3v) is 5.45. The molecule has 0 aliphatic rings. The molecule has 2 aromatic rings. The van der Waals surface area contributed by atoms with Gasteiger partial charge >= 0.3 is 0 Å². The Morgan fingerprint density at radius 2 is 1.52 bits per heavy atom. The highest BCUT2D eigenvalue weighted by molar-refractivity contribution is 7.89. The molecule has 25 heavy (non-hydrogen) atoms. The fourth-order valence-corrected chi connectivity index (χ4v) is 4.01.